The number of halogens is 1. The number of carbonyl (C=O) groups is 2. The number of hydrogen-bond donors (Lipinski definition) is 3. The summed E-state index contributed by atoms with van der Waals surface area (Å²) in [4.78, 5) is 22.5. The number of carboxylic acids is 1. The average molecular weight is 376 g/mol. The monoisotopic (exact) mass is 376 g/mol. The topological polar surface area (TPSA) is 78.4 Å². The van der Waals surface area contributed by atoms with Gasteiger partial charge in [0, 0.05) is 10.1 Å². The van der Waals surface area contributed by atoms with E-state index in [1.54, 1.807) is 0 Å². The lowest BCUT2D eigenvalue weighted by molar-refractivity contribution is -0.139. The Morgan fingerprint density at radius 2 is 1.95 bits per heavy atom. The van der Waals surface area contributed by atoms with Crippen LogP contribution in [0, 0.1) is 3.57 Å². The van der Waals surface area contributed by atoms with E-state index in [9.17, 15) is 9.59 Å². The van der Waals surface area contributed by atoms with Gasteiger partial charge in [0.2, 0.25) is 0 Å². The van der Waals surface area contributed by atoms with Crippen molar-refractivity contribution < 1.29 is 14.7 Å². The minimum atomic E-state index is -1.01. The lowest BCUT2D eigenvalue weighted by atomic mass is 10.2. The molecule has 2 amide bonds. The maximum Gasteiger partial charge on any atom is 0.326 e. The normalized spacial score (nSPS) is 11.7. The Bertz CT molecular complexity index is 434. The molecule has 1 aromatic carbocycles. The zero-order valence-corrected chi connectivity index (χ0v) is 12.8. The predicted molar refractivity (Wildman–Crippen MR) is 80.9 cm³/mol. The molecule has 1 unspecified atom stereocenters. The number of aliphatic carboxylic acids is 1. The summed E-state index contributed by atoms with van der Waals surface area (Å²) in [7, 11) is 0. The molecule has 3 N–H and O–H groups in total. The van der Waals surface area contributed by atoms with Gasteiger partial charge in [-0.3, -0.25) is 0 Å². The predicted octanol–water partition coefficient (Wildman–Crippen LogP) is 2.34. The van der Waals surface area contributed by atoms with Gasteiger partial charge >= 0.3 is 12.0 Å². The summed E-state index contributed by atoms with van der Waals surface area (Å²) in [6.07, 6.45) is 1.13. The Hall–Kier alpha value is -1.31. The number of benzene rings is 1. The highest BCUT2D eigenvalue weighted by Crippen LogP contribution is 2.06. The van der Waals surface area contributed by atoms with E-state index in [0.717, 1.165) is 9.13 Å². The van der Waals surface area contributed by atoms with E-state index in [1.807, 2.05) is 31.2 Å². The highest BCUT2D eigenvalue weighted by atomic mass is 127. The van der Waals surface area contributed by atoms with Gasteiger partial charge in [0.25, 0.3) is 0 Å². The third-order valence-electron chi connectivity index (χ3n) is 2.55. The summed E-state index contributed by atoms with van der Waals surface area (Å²) in [5.74, 6) is -1.01. The van der Waals surface area contributed by atoms with Crippen molar-refractivity contribution in [2.75, 3.05) is 0 Å². The van der Waals surface area contributed by atoms with E-state index >= 15 is 0 Å². The molecule has 0 aliphatic rings. The van der Waals surface area contributed by atoms with Crippen LogP contribution in [-0.2, 0) is 11.3 Å². The fourth-order valence-corrected chi connectivity index (χ4v) is 1.90. The summed E-state index contributed by atoms with van der Waals surface area (Å²) >= 11 is 2.21. The Morgan fingerprint density at radius 1 is 1.32 bits per heavy atom. The van der Waals surface area contributed by atoms with Crippen LogP contribution in [0.1, 0.15) is 25.3 Å². The zero-order valence-electron chi connectivity index (χ0n) is 10.6. The van der Waals surface area contributed by atoms with Gasteiger partial charge in [0.05, 0.1) is 0 Å². The molecule has 0 spiro atoms. The summed E-state index contributed by atoms with van der Waals surface area (Å²) in [5.41, 5.74) is 0.970. The van der Waals surface area contributed by atoms with E-state index in [4.69, 9.17) is 5.11 Å². The lowest BCUT2D eigenvalue weighted by Gasteiger charge is -2.14. The molecule has 0 aromatic heterocycles. The van der Waals surface area contributed by atoms with E-state index in [1.165, 1.54) is 0 Å². The molecule has 0 fully saturated rings. The molecule has 0 saturated carbocycles. The summed E-state index contributed by atoms with van der Waals surface area (Å²) in [6, 6.07) is 6.45. The maximum atomic E-state index is 11.6. The van der Waals surface area contributed by atoms with Crippen molar-refractivity contribution in [3.8, 4) is 0 Å². The van der Waals surface area contributed by atoms with Crippen molar-refractivity contribution in [1.29, 1.82) is 0 Å². The van der Waals surface area contributed by atoms with E-state index in [-0.39, 0.29) is 0 Å². The first-order chi connectivity index (χ1) is 9.02. The fourth-order valence-electron chi connectivity index (χ4n) is 1.54. The minimum Gasteiger partial charge on any atom is -0.480 e. The summed E-state index contributed by atoms with van der Waals surface area (Å²) in [5, 5.41) is 14.0. The Labute approximate surface area is 125 Å². The Kier molecular flexibility index (Phi) is 6.61. The second-order valence-corrected chi connectivity index (χ2v) is 5.38. The first-order valence-electron chi connectivity index (χ1n) is 6.04. The van der Waals surface area contributed by atoms with Gasteiger partial charge in [0.1, 0.15) is 6.04 Å². The third kappa shape index (κ3) is 5.91. The standard InChI is InChI=1S/C13H17IN2O3/c1-2-3-11(12(17)18)16-13(19)15-8-9-4-6-10(14)7-5-9/h4-7,11H,2-3,8H2,1H3,(H,17,18)(H2,15,16,19). The number of urea groups is 1. The molecule has 0 saturated heterocycles. The van der Waals surface area contributed by atoms with Crippen molar-refractivity contribution >= 4 is 34.6 Å². The molecule has 19 heavy (non-hydrogen) atoms. The molecule has 0 heterocycles. The average Bonchev–Trinajstić information content (AvgIpc) is 2.37. The molecule has 0 radical (unpaired) electrons. The highest BCUT2D eigenvalue weighted by Gasteiger charge is 2.18. The van der Waals surface area contributed by atoms with Crippen molar-refractivity contribution in [3.05, 3.63) is 33.4 Å². The summed E-state index contributed by atoms with van der Waals surface area (Å²) in [6.45, 7) is 2.25. The molecule has 6 heteroatoms. The van der Waals surface area contributed by atoms with Gasteiger partial charge in [-0.1, -0.05) is 25.5 Å². The first-order valence-corrected chi connectivity index (χ1v) is 7.12. The molecular weight excluding hydrogens is 359 g/mol. The SMILES string of the molecule is CCCC(NC(=O)NCc1ccc(I)cc1)C(=O)O. The van der Waals surface area contributed by atoms with Crippen LogP contribution >= 0.6 is 22.6 Å². The van der Waals surface area contributed by atoms with E-state index in [2.05, 4.69) is 33.2 Å². The minimum absolute atomic E-state index is 0.376. The maximum absolute atomic E-state index is 11.6. The smallest absolute Gasteiger partial charge is 0.326 e. The molecule has 1 rings (SSSR count). The Morgan fingerprint density at radius 3 is 2.47 bits per heavy atom. The third-order valence-corrected chi connectivity index (χ3v) is 3.27. The number of nitrogens with one attached hydrogen (secondary N) is 2. The highest BCUT2D eigenvalue weighted by molar-refractivity contribution is 14.1. The molecule has 0 aliphatic carbocycles. The van der Waals surface area contributed by atoms with Crippen LogP contribution in [0.4, 0.5) is 4.79 Å². The van der Waals surface area contributed by atoms with Crippen LogP contribution in [0.25, 0.3) is 0 Å². The van der Waals surface area contributed by atoms with Gasteiger partial charge in [-0.25, -0.2) is 9.59 Å². The second-order valence-electron chi connectivity index (χ2n) is 4.13. The Balaban J connectivity index is 2.42. The largest absolute Gasteiger partial charge is 0.480 e. The number of amides is 2. The van der Waals surface area contributed by atoms with Crippen molar-refractivity contribution in [3.63, 3.8) is 0 Å². The van der Waals surface area contributed by atoms with Crippen LogP contribution < -0.4 is 10.6 Å². The van der Waals surface area contributed by atoms with Gasteiger partial charge in [-0.05, 0) is 46.7 Å². The van der Waals surface area contributed by atoms with Crippen molar-refractivity contribution in [2.45, 2.75) is 32.4 Å². The zero-order chi connectivity index (χ0) is 14.3. The number of carboxylic acid groups (broad SMARTS) is 1. The number of rotatable bonds is 6. The number of carbonyl (C=O) groups excluding carboxylic acids is 1. The number of hydrogen-bond acceptors (Lipinski definition) is 2. The van der Waals surface area contributed by atoms with Crippen LogP contribution in [0.2, 0.25) is 0 Å². The molecule has 5 nitrogen and oxygen atoms in total. The lowest BCUT2D eigenvalue weighted by Crippen LogP contribution is -2.45. The van der Waals surface area contributed by atoms with Crippen LogP contribution in [-0.4, -0.2) is 23.1 Å². The molecule has 1 aromatic rings. The van der Waals surface area contributed by atoms with E-state index < -0.39 is 18.0 Å². The molecule has 1 atom stereocenters. The van der Waals surface area contributed by atoms with Crippen molar-refractivity contribution in [1.82, 2.24) is 10.6 Å². The van der Waals surface area contributed by atoms with Gasteiger partial charge in [0.15, 0.2) is 0 Å². The van der Waals surface area contributed by atoms with E-state index in [0.29, 0.717) is 19.4 Å². The first kappa shape index (κ1) is 15.7. The van der Waals surface area contributed by atoms with Crippen LogP contribution in [0.15, 0.2) is 24.3 Å². The fraction of sp³-hybridized carbons (Fsp3) is 0.385. The molecule has 0 aliphatic heterocycles. The molecule has 104 valence electrons. The quantitative estimate of drug-likeness (QED) is 0.667. The van der Waals surface area contributed by atoms with Crippen LogP contribution in [0.3, 0.4) is 0 Å². The van der Waals surface area contributed by atoms with Crippen molar-refractivity contribution in [2.24, 2.45) is 0 Å². The molecular formula is C13H17IN2O3. The van der Waals surface area contributed by atoms with Gasteiger partial charge in [-0.2, -0.15) is 0 Å². The second kappa shape index (κ2) is 7.98. The van der Waals surface area contributed by atoms with Crippen LogP contribution in [0.5, 0.6) is 0 Å². The molecule has 0 bridgehead atoms. The summed E-state index contributed by atoms with van der Waals surface area (Å²) < 4.78 is 1.12. The van der Waals surface area contributed by atoms with Gasteiger partial charge < -0.3 is 15.7 Å². The van der Waals surface area contributed by atoms with Gasteiger partial charge in [-0.15, -0.1) is 0 Å².